The highest BCUT2D eigenvalue weighted by Crippen LogP contribution is 2.80. The van der Waals surface area contributed by atoms with Crippen molar-refractivity contribution in [1.82, 2.24) is 0 Å². The average molecular weight is 204 g/mol. The van der Waals surface area contributed by atoms with E-state index in [1.807, 2.05) is 0 Å². The van der Waals surface area contributed by atoms with Crippen LogP contribution in [0.5, 0.6) is 0 Å². The Labute approximate surface area is 91.9 Å². The van der Waals surface area contributed by atoms with Crippen molar-refractivity contribution in [3.05, 3.63) is 12.2 Å². The first-order valence-corrected chi connectivity index (χ1v) is 6.13. The standard InChI is InChI=1S/C14H20O/c1-12(2)6-4-7-14-10(9-12)13(14,3)8-5-11(14)15/h4,6,10H,5,7-9H2,1-3H3/t10-,13-,14-/m1/s1. The first kappa shape index (κ1) is 9.62. The van der Waals surface area contributed by atoms with E-state index in [9.17, 15) is 4.79 Å². The monoisotopic (exact) mass is 204 g/mol. The van der Waals surface area contributed by atoms with Gasteiger partial charge in [-0.2, -0.15) is 0 Å². The Balaban J connectivity index is 2.01. The molecule has 2 fully saturated rings. The molecule has 1 spiro atoms. The summed E-state index contributed by atoms with van der Waals surface area (Å²) in [6.45, 7) is 6.94. The van der Waals surface area contributed by atoms with E-state index in [0.29, 0.717) is 22.5 Å². The number of Topliss-reactive ketones (excluding diaryl/α,β-unsaturated/α-hetero) is 1. The molecule has 0 aromatic rings. The number of hydrogen-bond donors (Lipinski definition) is 0. The molecule has 3 atom stereocenters. The SMILES string of the molecule is CC1(C)C=CC[C@@]23C(=O)CC[C@]2(C)[C@H]3C1. The van der Waals surface area contributed by atoms with Crippen LogP contribution < -0.4 is 0 Å². The average Bonchev–Trinajstić information content (AvgIpc) is 2.58. The van der Waals surface area contributed by atoms with Gasteiger partial charge in [-0.15, -0.1) is 0 Å². The zero-order valence-electron chi connectivity index (χ0n) is 9.97. The van der Waals surface area contributed by atoms with Crippen molar-refractivity contribution in [2.24, 2.45) is 22.2 Å². The number of allylic oxidation sites excluding steroid dienone is 2. The molecule has 1 heteroatoms. The fourth-order valence-corrected chi connectivity index (χ4v) is 4.42. The van der Waals surface area contributed by atoms with Gasteiger partial charge >= 0.3 is 0 Å². The number of hydrogen-bond acceptors (Lipinski definition) is 1. The van der Waals surface area contributed by atoms with Crippen LogP contribution in [0, 0.1) is 22.2 Å². The fourth-order valence-electron chi connectivity index (χ4n) is 4.42. The Morgan fingerprint density at radius 3 is 2.80 bits per heavy atom. The second kappa shape index (κ2) is 2.39. The number of fused-ring (bicyclic) bond motifs is 1. The number of carbonyl (C=O) groups is 1. The summed E-state index contributed by atoms with van der Waals surface area (Å²) in [6.07, 6.45) is 8.78. The van der Waals surface area contributed by atoms with E-state index in [2.05, 4.69) is 32.9 Å². The summed E-state index contributed by atoms with van der Waals surface area (Å²) in [5.41, 5.74) is 0.713. The highest BCUT2D eigenvalue weighted by atomic mass is 16.1. The maximum Gasteiger partial charge on any atom is 0.140 e. The molecular weight excluding hydrogens is 184 g/mol. The van der Waals surface area contributed by atoms with Crippen LogP contribution in [0.3, 0.4) is 0 Å². The second-order valence-corrected chi connectivity index (χ2v) is 6.66. The second-order valence-electron chi connectivity index (χ2n) is 6.66. The molecule has 3 rings (SSSR count). The molecule has 82 valence electrons. The molecule has 0 N–H and O–H groups in total. The quantitative estimate of drug-likeness (QED) is 0.553. The minimum absolute atomic E-state index is 0.0667. The third-order valence-electron chi connectivity index (χ3n) is 5.41. The molecular formula is C14H20O. The summed E-state index contributed by atoms with van der Waals surface area (Å²) in [5.74, 6) is 1.22. The Bertz CT molecular complexity index is 366. The van der Waals surface area contributed by atoms with E-state index < -0.39 is 0 Å². The lowest BCUT2D eigenvalue weighted by atomic mass is 9.83. The highest BCUT2D eigenvalue weighted by molar-refractivity contribution is 5.93. The van der Waals surface area contributed by atoms with Crippen LogP contribution in [0.25, 0.3) is 0 Å². The van der Waals surface area contributed by atoms with Gasteiger partial charge in [-0.25, -0.2) is 0 Å². The molecule has 3 aliphatic carbocycles. The van der Waals surface area contributed by atoms with Gasteiger partial charge in [-0.1, -0.05) is 32.9 Å². The van der Waals surface area contributed by atoms with Gasteiger partial charge in [-0.3, -0.25) is 4.79 Å². The van der Waals surface area contributed by atoms with Crippen LogP contribution in [0.4, 0.5) is 0 Å². The van der Waals surface area contributed by atoms with Gasteiger partial charge in [0.2, 0.25) is 0 Å². The van der Waals surface area contributed by atoms with E-state index in [-0.39, 0.29) is 5.41 Å². The summed E-state index contributed by atoms with van der Waals surface area (Å²) in [5, 5.41) is 0. The predicted octanol–water partition coefficient (Wildman–Crippen LogP) is 3.35. The van der Waals surface area contributed by atoms with Crippen molar-refractivity contribution in [2.45, 2.75) is 46.5 Å². The third-order valence-corrected chi connectivity index (χ3v) is 5.41. The highest BCUT2D eigenvalue weighted by Gasteiger charge is 2.79. The van der Waals surface area contributed by atoms with Crippen molar-refractivity contribution < 1.29 is 4.79 Å². The Hall–Kier alpha value is -0.590. The van der Waals surface area contributed by atoms with Crippen molar-refractivity contribution in [3.63, 3.8) is 0 Å². The van der Waals surface area contributed by atoms with Crippen LogP contribution in [-0.4, -0.2) is 5.78 Å². The van der Waals surface area contributed by atoms with Gasteiger partial charge < -0.3 is 0 Å². The molecule has 0 radical (unpaired) electrons. The summed E-state index contributed by atoms with van der Waals surface area (Å²) in [7, 11) is 0. The summed E-state index contributed by atoms with van der Waals surface area (Å²) < 4.78 is 0. The zero-order valence-corrected chi connectivity index (χ0v) is 9.97. The van der Waals surface area contributed by atoms with E-state index in [4.69, 9.17) is 0 Å². The van der Waals surface area contributed by atoms with Crippen LogP contribution in [0.1, 0.15) is 46.5 Å². The van der Waals surface area contributed by atoms with Gasteiger partial charge in [0.05, 0.1) is 0 Å². The lowest BCUT2D eigenvalue weighted by molar-refractivity contribution is -0.123. The first-order chi connectivity index (χ1) is 6.92. The molecule has 0 bridgehead atoms. The minimum Gasteiger partial charge on any atom is -0.299 e. The molecule has 1 nitrogen and oxygen atoms in total. The molecule has 0 amide bonds. The topological polar surface area (TPSA) is 17.1 Å². The Kier molecular flexibility index (Phi) is 1.53. The van der Waals surface area contributed by atoms with E-state index in [1.165, 1.54) is 6.42 Å². The van der Waals surface area contributed by atoms with Gasteiger partial charge in [0.1, 0.15) is 5.78 Å². The molecule has 0 aromatic carbocycles. The van der Waals surface area contributed by atoms with Gasteiger partial charge in [-0.05, 0) is 36.0 Å². The zero-order chi connectivity index (χ0) is 10.9. The van der Waals surface area contributed by atoms with Gasteiger partial charge in [0, 0.05) is 11.8 Å². The summed E-state index contributed by atoms with van der Waals surface area (Å²) >= 11 is 0. The number of carbonyl (C=O) groups excluding carboxylic acids is 1. The molecule has 0 aromatic heterocycles. The maximum atomic E-state index is 12.1. The molecule has 2 saturated carbocycles. The molecule has 15 heavy (non-hydrogen) atoms. The summed E-state index contributed by atoms with van der Waals surface area (Å²) in [6, 6.07) is 0. The molecule has 0 aliphatic heterocycles. The van der Waals surface area contributed by atoms with Crippen LogP contribution >= 0.6 is 0 Å². The van der Waals surface area contributed by atoms with Crippen LogP contribution in [0.15, 0.2) is 12.2 Å². The van der Waals surface area contributed by atoms with Crippen molar-refractivity contribution >= 4 is 5.78 Å². The largest absolute Gasteiger partial charge is 0.299 e. The van der Waals surface area contributed by atoms with Crippen molar-refractivity contribution in [2.75, 3.05) is 0 Å². The maximum absolute atomic E-state index is 12.1. The Morgan fingerprint density at radius 2 is 2.07 bits per heavy atom. The van der Waals surface area contributed by atoms with Crippen LogP contribution in [-0.2, 0) is 4.79 Å². The van der Waals surface area contributed by atoms with E-state index >= 15 is 0 Å². The van der Waals surface area contributed by atoms with Crippen molar-refractivity contribution in [3.8, 4) is 0 Å². The molecule has 0 heterocycles. The molecule has 0 saturated heterocycles. The molecule has 0 unspecified atom stereocenters. The minimum atomic E-state index is 0.0667. The van der Waals surface area contributed by atoms with Gasteiger partial charge in [0.15, 0.2) is 0 Å². The lowest BCUT2D eigenvalue weighted by Gasteiger charge is -2.21. The smallest absolute Gasteiger partial charge is 0.140 e. The number of ketones is 1. The number of rotatable bonds is 0. The van der Waals surface area contributed by atoms with Crippen molar-refractivity contribution in [1.29, 1.82) is 0 Å². The Morgan fingerprint density at radius 1 is 1.33 bits per heavy atom. The predicted molar refractivity (Wildman–Crippen MR) is 60.4 cm³/mol. The van der Waals surface area contributed by atoms with E-state index in [1.54, 1.807) is 0 Å². The van der Waals surface area contributed by atoms with Gasteiger partial charge in [0.25, 0.3) is 0 Å². The van der Waals surface area contributed by atoms with Crippen LogP contribution in [0.2, 0.25) is 0 Å². The summed E-state index contributed by atoms with van der Waals surface area (Å²) in [4.78, 5) is 12.1. The molecule has 3 aliphatic rings. The normalized spacial score (nSPS) is 50.9. The van der Waals surface area contributed by atoms with E-state index in [0.717, 1.165) is 19.3 Å². The first-order valence-electron chi connectivity index (χ1n) is 6.13. The third kappa shape index (κ3) is 0.926. The lowest BCUT2D eigenvalue weighted by Crippen LogP contribution is -2.16. The fraction of sp³-hybridized carbons (Fsp3) is 0.786.